The maximum atomic E-state index is 8.38. The molecule has 0 unspecified atom stereocenters. The molecule has 0 aliphatic heterocycles. The van der Waals surface area contributed by atoms with Crippen molar-refractivity contribution in [2.75, 3.05) is 0 Å². The summed E-state index contributed by atoms with van der Waals surface area (Å²) in [6.07, 6.45) is 0. The van der Waals surface area contributed by atoms with Gasteiger partial charge in [-0.1, -0.05) is 0 Å². The van der Waals surface area contributed by atoms with Crippen LogP contribution in [0.25, 0.3) is 0 Å². The van der Waals surface area contributed by atoms with Gasteiger partial charge >= 0.3 is 48.5 Å². The van der Waals surface area contributed by atoms with Gasteiger partial charge in [-0.05, 0) is 0 Å². The van der Waals surface area contributed by atoms with Crippen molar-refractivity contribution >= 4 is 10.1 Å². The maximum absolute atomic E-state index is 8.38. The Morgan fingerprint density at radius 2 is 1.25 bits per heavy atom. The van der Waals surface area contributed by atoms with Gasteiger partial charge < -0.3 is 0 Å². The van der Waals surface area contributed by atoms with Crippen LogP contribution in [0.2, 0.25) is 0 Å². The number of hydrogen-bond donors (Lipinski definition) is 0. The summed E-state index contributed by atoms with van der Waals surface area (Å²) in [6, 6.07) is 0. The number of rotatable bonds is 0. The molecule has 0 N–H and O–H groups in total. The van der Waals surface area contributed by atoms with Crippen molar-refractivity contribution in [2.45, 2.75) is 0 Å². The van der Waals surface area contributed by atoms with Gasteiger partial charge in [0.2, 0.25) is 0 Å². The van der Waals surface area contributed by atoms with Crippen molar-refractivity contribution < 1.29 is 38.4 Å². The quantitative estimate of drug-likeness (QED) is 0.504. The second-order valence-electron chi connectivity index (χ2n) is 0. The Hall–Kier alpha value is 1.27. The first kappa shape index (κ1) is 8.98. The summed E-state index contributed by atoms with van der Waals surface area (Å²) in [7, 11) is 4.21. The van der Waals surface area contributed by atoms with E-state index in [0.717, 1.165) is 16.6 Å². The van der Waals surface area contributed by atoms with Gasteiger partial charge in [-0.2, -0.15) is 0 Å². The first-order valence-electron chi connectivity index (χ1n) is 0.577. The van der Waals surface area contributed by atoms with E-state index in [1.54, 1.807) is 0 Å². The predicted octanol–water partition coefficient (Wildman–Crippen LogP) is 0.524. The second-order valence-corrected chi connectivity index (χ2v) is 0. The summed E-state index contributed by atoms with van der Waals surface area (Å²) in [5.41, 5.74) is 0. The molecule has 0 radical (unpaired) electrons. The van der Waals surface area contributed by atoms with Crippen molar-refractivity contribution in [1.29, 1.82) is 0 Å². The molecule has 16 valence electrons. The van der Waals surface area contributed by atoms with Gasteiger partial charge in [0.25, 0.3) is 0 Å². The Bertz CT molecular complexity index is 8.00. The summed E-state index contributed by atoms with van der Waals surface area (Å²) in [5, 5.41) is 0. The second kappa shape index (κ2) is 28.4. The summed E-state index contributed by atoms with van der Waals surface area (Å²) in [4.78, 5) is 0. The molecule has 0 aromatic heterocycles. The Morgan fingerprint density at radius 3 is 1.25 bits per heavy atom. The zero-order valence-electron chi connectivity index (χ0n) is 2.23. The Labute approximate surface area is 48.4 Å². The molecular weight excluding hydrogens is 179 g/mol. The van der Waals surface area contributed by atoms with Crippen molar-refractivity contribution in [1.82, 2.24) is 0 Å². The predicted molar refractivity (Wildman–Crippen MR) is 8.28 cm³/mol. The zero-order valence-corrected chi connectivity index (χ0v) is 8.98. The van der Waals surface area contributed by atoms with Crippen LogP contribution in [0, 0.1) is 0 Å². The first-order valence-corrected chi connectivity index (χ1v) is 6.00. The van der Waals surface area contributed by atoms with Gasteiger partial charge in [0.05, 0.1) is 0 Å². The molecule has 0 saturated carbocycles. The minimum atomic E-state index is 0.125. The molecule has 0 saturated heterocycles. The van der Waals surface area contributed by atoms with Gasteiger partial charge in [0.1, 0.15) is 0 Å². The average Bonchev–Trinajstić information content (AvgIpc) is 1.50. The van der Waals surface area contributed by atoms with E-state index in [-0.39, 0.29) is 18.3 Å². The SMILES string of the molecule is [O]=[Zn].[S]=[Zn]. The molecular formula is OSZn2. The fourth-order valence-electron chi connectivity index (χ4n) is 0. The van der Waals surface area contributed by atoms with E-state index in [9.17, 15) is 0 Å². The van der Waals surface area contributed by atoms with Crippen LogP contribution in [-0.4, -0.2) is 0 Å². The Kier molecular flexibility index (Phi) is 63.7. The van der Waals surface area contributed by atoms with Crippen LogP contribution in [0.4, 0.5) is 0 Å². The van der Waals surface area contributed by atoms with Crippen LogP contribution in [-0.2, 0) is 38.4 Å². The van der Waals surface area contributed by atoms with Crippen molar-refractivity contribution in [3.8, 4) is 0 Å². The molecule has 0 atom stereocenters. The minimum absolute atomic E-state index is 0.125. The molecule has 0 aliphatic rings. The van der Waals surface area contributed by atoms with E-state index < -0.39 is 0 Å². The van der Waals surface area contributed by atoms with Crippen molar-refractivity contribution in [2.24, 2.45) is 0 Å². The van der Waals surface area contributed by atoms with Gasteiger partial charge in [-0.3, -0.25) is 0 Å². The topological polar surface area (TPSA) is 17.1 Å². The molecule has 0 amide bonds. The van der Waals surface area contributed by atoms with Crippen LogP contribution in [0.3, 0.4) is 0 Å². The zero-order chi connectivity index (χ0) is 4.00. The van der Waals surface area contributed by atoms with Crippen molar-refractivity contribution in [3.63, 3.8) is 0 Å². The fourth-order valence-corrected chi connectivity index (χ4v) is 0. The third kappa shape index (κ3) is 10.5. The monoisotopic (exact) mass is 176 g/mol. The molecule has 1 nitrogen and oxygen atoms in total. The van der Waals surface area contributed by atoms with Crippen LogP contribution in [0.5, 0.6) is 0 Å². The molecule has 0 fully saturated rings. The van der Waals surface area contributed by atoms with Gasteiger partial charge in [0.15, 0.2) is 0 Å². The van der Waals surface area contributed by atoms with Gasteiger partial charge in [-0.15, -0.1) is 0 Å². The van der Waals surface area contributed by atoms with E-state index >= 15 is 0 Å². The van der Waals surface area contributed by atoms with Crippen molar-refractivity contribution in [3.05, 3.63) is 0 Å². The standard InChI is InChI=1S/O.S.2Zn. The van der Waals surface area contributed by atoms with Gasteiger partial charge in [0, 0.05) is 0 Å². The molecule has 0 aromatic carbocycles. The van der Waals surface area contributed by atoms with Gasteiger partial charge in [-0.25, -0.2) is 0 Å². The molecule has 0 aromatic rings. The fraction of sp³-hybridized carbons (Fsp3) is 0. The van der Waals surface area contributed by atoms with E-state index in [2.05, 4.69) is 10.1 Å². The number of hydrogen-bond acceptors (Lipinski definition) is 2. The summed E-state index contributed by atoms with van der Waals surface area (Å²) in [6.45, 7) is 0. The summed E-state index contributed by atoms with van der Waals surface area (Å²) >= 11 is 1.08. The molecule has 0 spiro atoms. The summed E-state index contributed by atoms with van der Waals surface area (Å²) < 4.78 is 8.38. The Balaban J connectivity index is 0. The van der Waals surface area contributed by atoms with Crippen LogP contribution in [0.15, 0.2) is 0 Å². The van der Waals surface area contributed by atoms with Crippen LogP contribution in [0.1, 0.15) is 0 Å². The van der Waals surface area contributed by atoms with E-state index in [4.69, 9.17) is 3.57 Å². The van der Waals surface area contributed by atoms with E-state index in [1.807, 2.05) is 0 Å². The molecule has 0 aliphatic carbocycles. The Morgan fingerprint density at radius 1 is 1.25 bits per heavy atom. The van der Waals surface area contributed by atoms with Crippen LogP contribution < -0.4 is 0 Å². The molecule has 0 rings (SSSR count). The third-order valence-corrected chi connectivity index (χ3v) is 0. The first-order chi connectivity index (χ1) is 2.00. The average molecular weight is 179 g/mol. The molecule has 0 heterocycles. The van der Waals surface area contributed by atoms with E-state index in [0.29, 0.717) is 0 Å². The third-order valence-electron chi connectivity index (χ3n) is 0. The van der Waals surface area contributed by atoms with E-state index in [1.165, 1.54) is 0 Å². The summed E-state index contributed by atoms with van der Waals surface area (Å²) in [5.74, 6) is 0. The molecule has 4 heavy (non-hydrogen) atoms. The van der Waals surface area contributed by atoms with Crippen LogP contribution >= 0.6 is 10.1 Å². The normalized spacial score (nSPS) is 3.00. The molecule has 0 bridgehead atoms. The molecule has 4 heteroatoms.